The predicted octanol–water partition coefficient (Wildman–Crippen LogP) is 3.17. The number of aromatic nitrogens is 2. The summed E-state index contributed by atoms with van der Waals surface area (Å²) in [5, 5.41) is 6.58. The van der Waals surface area contributed by atoms with Gasteiger partial charge in [-0.2, -0.15) is 13.2 Å². The molecule has 2 aromatic rings. The minimum atomic E-state index is -4.64. The summed E-state index contributed by atoms with van der Waals surface area (Å²) in [7, 11) is 3.80. The van der Waals surface area contributed by atoms with Gasteiger partial charge in [-0.05, 0) is 31.0 Å². The van der Waals surface area contributed by atoms with Gasteiger partial charge in [0.1, 0.15) is 0 Å². The normalized spacial score (nSPS) is 16.0. The van der Waals surface area contributed by atoms with Gasteiger partial charge >= 0.3 is 12.1 Å². The Bertz CT molecular complexity index is 780. The first-order valence-corrected chi connectivity index (χ1v) is 8.23. The van der Waals surface area contributed by atoms with E-state index in [1.165, 1.54) is 0 Å². The lowest BCUT2D eigenvalue weighted by atomic mass is 9.96. The largest absolute Gasteiger partial charge is 0.470 e. The van der Waals surface area contributed by atoms with E-state index in [4.69, 9.17) is 4.42 Å². The molecule has 1 saturated heterocycles. The zero-order chi connectivity index (χ0) is 18.9. The molecule has 1 amide bonds. The summed E-state index contributed by atoms with van der Waals surface area (Å²) < 4.78 is 42.4. The van der Waals surface area contributed by atoms with Crippen LogP contribution in [0.5, 0.6) is 0 Å². The Balaban J connectivity index is 1.64. The molecule has 26 heavy (non-hydrogen) atoms. The van der Waals surface area contributed by atoms with Crippen LogP contribution in [0.1, 0.15) is 40.9 Å². The number of piperidine rings is 1. The third-order valence-corrected chi connectivity index (χ3v) is 4.42. The molecular formula is C17H19F3N4O2. The lowest BCUT2D eigenvalue weighted by Crippen LogP contribution is -2.38. The van der Waals surface area contributed by atoms with Crippen LogP contribution in [-0.2, 0) is 6.18 Å². The molecule has 1 aromatic carbocycles. The van der Waals surface area contributed by atoms with Crippen molar-refractivity contribution in [3.8, 4) is 0 Å². The average molecular weight is 368 g/mol. The number of nitrogens with zero attached hydrogens (tertiary/aromatic N) is 4. The highest BCUT2D eigenvalue weighted by atomic mass is 19.4. The van der Waals surface area contributed by atoms with E-state index in [1.807, 2.05) is 37.2 Å². The molecule has 1 aliphatic rings. The highest BCUT2D eigenvalue weighted by molar-refractivity contribution is 5.95. The number of anilines is 1. The Kier molecular flexibility index (Phi) is 4.88. The van der Waals surface area contributed by atoms with Gasteiger partial charge in [0.2, 0.25) is 5.89 Å². The highest BCUT2D eigenvalue weighted by Crippen LogP contribution is 2.32. The summed E-state index contributed by atoms with van der Waals surface area (Å²) in [6.07, 6.45) is -3.67. The second-order valence-electron chi connectivity index (χ2n) is 6.45. The molecule has 0 radical (unpaired) electrons. The lowest BCUT2D eigenvalue weighted by Gasteiger charge is -2.30. The van der Waals surface area contributed by atoms with E-state index in [0.29, 0.717) is 31.5 Å². The van der Waals surface area contributed by atoms with Crippen molar-refractivity contribution in [1.82, 2.24) is 15.1 Å². The second kappa shape index (κ2) is 6.97. The Morgan fingerprint density at radius 2 is 1.92 bits per heavy atom. The molecule has 0 aliphatic carbocycles. The number of halogens is 3. The monoisotopic (exact) mass is 368 g/mol. The molecule has 0 N–H and O–H groups in total. The minimum Gasteiger partial charge on any atom is -0.417 e. The van der Waals surface area contributed by atoms with Crippen LogP contribution < -0.4 is 4.90 Å². The Labute approximate surface area is 148 Å². The summed E-state index contributed by atoms with van der Waals surface area (Å²) in [6.45, 7) is 0.860. The number of alkyl halides is 3. The topological polar surface area (TPSA) is 62.5 Å². The van der Waals surface area contributed by atoms with E-state index < -0.39 is 12.1 Å². The van der Waals surface area contributed by atoms with E-state index in [9.17, 15) is 18.0 Å². The van der Waals surface area contributed by atoms with Crippen molar-refractivity contribution < 1.29 is 22.4 Å². The maximum atomic E-state index is 12.7. The molecule has 6 nitrogen and oxygen atoms in total. The van der Waals surface area contributed by atoms with Gasteiger partial charge in [-0.15, -0.1) is 10.2 Å². The number of rotatable bonds is 3. The van der Waals surface area contributed by atoms with Crippen LogP contribution in [0.25, 0.3) is 0 Å². The molecule has 0 atom stereocenters. The summed E-state index contributed by atoms with van der Waals surface area (Å²) in [5.74, 6) is -1.70. The van der Waals surface area contributed by atoms with Crippen molar-refractivity contribution in [2.45, 2.75) is 24.9 Å². The minimum absolute atomic E-state index is 0.0148. The summed E-state index contributed by atoms with van der Waals surface area (Å²) in [6, 6.07) is 7.32. The van der Waals surface area contributed by atoms with Gasteiger partial charge in [0, 0.05) is 44.4 Å². The Morgan fingerprint density at radius 3 is 2.50 bits per heavy atom. The molecule has 3 rings (SSSR count). The molecule has 0 unspecified atom stereocenters. The average Bonchev–Trinajstić information content (AvgIpc) is 3.12. The molecule has 1 aliphatic heterocycles. The molecule has 0 bridgehead atoms. The molecule has 0 saturated carbocycles. The van der Waals surface area contributed by atoms with E-state index in [0.717, 1.165) is 5.69 Å². The van der Waals surface area contributed by atoms with E-state index in [-0.39, 0.29) is 17.7 Å². The number of benzene rings is 1. The van der Waals surface area contributed by atoms with Gasteiger partial charge in [0.25, 0.3) is 5.91 Å². The van der Waals surface area contributed by atoms with Crippen molar-refractivity contribution in [2.75, 3.05) is 32.1 Å². The van der Waals surface area contributed by atoms with Crippen LogP contribution in [0.3, 0.4) is 0 Å². The standard InChI is InChI=1S/C17H19F3N4O2/c1-23(2)13-5-3-4-12(10-13)15(25)24-8-6-11(7-9-24)14-21-22-16(26-14)17(18,19)20/h3-5,10-11H,6-9H2,1-2H3. The van der Waals surface area contributed by atoms with E-state index in [1.54, 1.807) is 11.0 Å². The maximum absolute atomic E-state index is 12.7. The van der Waals surface area contributed by atoms with Gasteiger partial charge in [-0.3, -0.25) is 4.79 Å². The van der Waals surface area contributed by atoms with E-state index >= 15 is 0 Å². The van der Waals surface area contributed by atoms with Gasteiger partial charge < -0.3 is 14.2 Å². The molecule has 1 aromatic heterocycles. The van der Waals surface area contributed by atoms with Crippen molar-refractivity contribution in [1.29, 1.82) is 0 Å². The van der Waals surface area contributed by atoms with Crippen molar-refractivity contribution >= 4 is 11.6 Å². The predicted molar refractivity (Wildman–Crippen MR) is 87.9 cm³/mol. The fourth-order valence-electron chi connectivity index (χ4n) is 2.94. The van der Waals surface area contributed by atoms with Crippen LogP contribution in [-0.4, -0.2) is 48.2 Å². The smallest absolute Gasteiger partial charge is 0.417 e. The summed E-state index contributed by atoms with van der Waals surface area (Å²) in [5.41, 5.74) is 1.52. The number of amides is 1. The van der Waals surface area contributed by atoms with Crippen LogP contribution in [0.2, 0.25) is 0 Å². The first kappa shape index (κ1) is 18.2. The Morgan fingerprint density at radius 1 is 1.23 bits per heavy atom. The number of carbonyl (C=O) groups excluding carboxylic acids is 1. The molecule has 1 fully saturated rings. The third-order valence-electron chi connectivity index (χ3n) is 4.42. The Hall–Kier alpha value is -2.58. The lowest BCUT2D eigenvalue weighted by molar-refractivity contribution is -0.157. The number of likely N-dealkylation sites (tertiary alicyclic amines) is 1. The van der Waals surface area contributed by atoms with Gasteiger partial charge in [0.05, 0.1) is 0 Å². The van der Waals surface area contributed by atoms with Crippen LogP contribution >= 0.6 is 0 Å². The van der Waals surface area contributed by atoms with Crippen LogP contribution in [0.4, 0.5) is 18.9 Å². The molecule has 140 valence electrons. The maximum Gasteiger partial charge on any atom is 0.470 e. The molecule has 2 heterocycles. The molecule has 0 spiro atoms. The SMILES string of the molecule is CN(C)c1cccc(C(=O)N2CCC(c3nnc(C(F)(F)F)o3)CC2)c1. The van der Waals surface area contributed by atoms with E-state index in [2.05, 4.69) is 10.2 Å². The zero-order valence-corrected chi connectivity index (χ0v) is 14.5. The third kappa shape index (κ3) is 3.81. The van der Waals surface area contributed by atoms with Crippen molar-refractivity contribution in [2.24, 2.45) is 0 Å². The first-order valence-electron chi connectivity index (χ1n) is 8.23. The number of hydrogen-bond donors (Lipinski definition) is 0. The molecule has 9 heteroatoms. The zero-order valence-electron chi connectivity index (χ0n) is 14.5. The van der Waals surface area contributed by atoms with Gasteiger partial charge in [0.15, 0.2) is 0 Å². The van der Waals surface area contributed by atoms with Crippen molar-refractivity contribution in [3.05, 3.63) is 41.6 Å². The second-order valence-corrected chi connectivity index (χ2v) is 6.45. The first-order chi connectivity index (χ1) is 12.3. The van der Waals surface area contributed by atoms with Gasteiger partial charge in [-0.1, -0.05) is 6.07 Å². The fourth-order valence-corrected chi connectivity index (χ4v) is 2.94. The fraction of sp³-hybridized carbons (Fsp3) is 0.471. The highest BCUT2D eigenvalue weighted by Gasteiger charge is 2.39. The van der Waals surface area contributed by atoms with Crippen LogP contribution in [0, 0.1) is 0 Å². The van der Waals surface area contributed by atoms with Crippen molar-refractivity contribution in [3.63, 3.8) is 0 Å². The number of hydrogen-bond acceptors (Lipinski definition) is 5. The van der Waals surface area contributed by atoms with Gasteiger partial charge in [-0.25, -0.2) is 0 Å². The summed E-state index contributed by atoms with van der Waals surface area (Å²) in [4.78, 5) is 16.3. The number of carbonyl (C=O) groups is 1. The summed E-state index contributed by atoms with van der Waals surface area (Å²) >= 11 is 0. The molecular weight excluding hydrogens is 349 g/mol. The quantitative estimate of drug-likeness (QED) is 0.833. The van der Waals surface area contributed by atoms with Crippen LogP contribution in [0.15, 0.2) is 28.7 Å².